The van der Waals surface area contributed by atoms with Gasteiger partial charge in [0.15, 0.2) is 10.8 Å². The van der Waals surface area contributed by atoms with Crippen molar-refractivity contribution in [3.05, 3.63) is 65.7 Å². The van der Waals surface area contributed by atoms with Gasteiger partial charge in [-0.25, -0.2) is 9.67 Å². The van der Waals surface area contributed by atoms with Crippen LogP contribution < -0.4 is 5.32 Å². The summed E-state index contributed by atoms with van der Waals surface area (Å²) in [5.41, 5.74) is 1.81. The molecule has 130 valence electrons. The van der Waals surface area contributed by atoms with Gasteiger partial charge in [-0.15, -0.1) is 5.10 Å². The SMILES string of the molecule is N#Cc1sc(NC(=O)c2cnnn2-c2cccnc2)nc1-c1ccccn1. The number of anilines is 1. The maximum Gasteiger partial charge on any atom is 0.277 e. The number of hydrogen-bond acceptors (Lipinski definition) is 8. The molecule has 4 heterocycles. The molecule has 0 saturated carbocycles. The molecule has 1 amide bonds. The highest BCUT2D eigenvalue weighted by Crippen LogP contribution is 2.29. The van der Waals surface area contributed by atoms with Crippen LogP contribution in [0, 0.1) is 11.3 Å². The smallest absolute Gasteiger partial charge is 0.277 e. The predicted octanol–water partition coefficient (Wildman–Crippen LogP) is 2.30. The van der Waals surface area contributed by atoms with Crippen LogP contribution in [0.15, 0.2) is 55.1 Å². The molecule has 0 unspecified atom stereocenters. The zero-order valence-corrected chi connectivity index (χ0v) is 14.5. The molecule has 0 aliphatic carbocycles. The van der Waals surface area contributed by atoms with E-state index in [0.29, 0.717) is 22.0 Å². The van der Waals surface area contributed by atoms with E-state index in [4.69, 9.17) is 0 Å². The zero-order valence-electron chi connectivity index (χ0n) is 13.6. The van der Waals surface area contributed by atoms with Crippen molar-refractivity contribution in [1.29, 1.82) is 5.26 Å². The van der Waals surface area contributed by atoms with Crippen molar-refractivity contribution in [2.45, 2.75) is 0 Å². The van der Waals surface area contributed by atoms with E-state index in [-0.39, 0.29) is 10.8 Å². The van der Waals surface area contributed by atoms with Crippen LogP contribution in [0.3, 0.4) is 0 Å². The van der Waals surface area contributed by atoms with Crippen molar-refractivity contribution >= 4 is 22.4 Å². The Morgan fingerprint density at radius 2 is 2.11 bits per heavy atom. The molecule has 0 spiro atoms. The van der Waals surface area contributed by atoms with E-state index >= 15 is 0 Å². The van der Waals surface area contributed by atoms with Crippen molar-refractivity contribution in [1.82, 2.24) is 29.9 Å². The van der Waals surface area contributed by atoms with Crippen LogP contribution in [0.5, 0.6) is 0 Å². The standard InChI is InChI=1S/C17H10N8OS/c18-8-14-15(12-5-1-2-7-20-12)22-17(27-14)23-16(26)13-10-21-24-25(13)11-4-3-6-19-9-11/h1-7,9-10H,(H,22,23,26). The number of nitriles is 1. The molecule has 1 N–H and O–H groups in total. The summed E-state index contributed by atoms with van der Waals surface area (Å²) in [5, 5.41) is 20.0. The molecule has 4 aromatic rings. The minimum absolute atomic E-state index is 0.219. The largest absolute Gasteiger partial charge is 0.296 e. The normalized spacial score (nSPS) is 10.3. The number of hydrogen-bond donors (Lipinski definition) is 1. The number of nitrogens with one attached hydrogen (secondary N) is 1. The summed E-state index contributed by atoms with van der Waals surface area (Å²) in [6, 6.07) is 10.9. The van der Waals surface area contributed by atoms with E-state index in [1.807, 2.05) is 0 Å². The molecule has 0 aliphatic rings. The Balaban J connectivity index is 1.63. The van der Waals surface area contributed by atoms with Crippen molar-refractivity contribution in [2.24, 2.45) is 0 Å². The number of pyridine rings is 2. The van der Waals surface area contributed by atoms with Gasteiger partial charge in [0.05, 0.1) is 23.8 Å². The first kappa shape index (κ1) is 16.5. The highest BCUT2D eigenvalue weighted by molar-refractivity contribution is 7.16. The van der Waals surface area contributed by atoms with Gasteiger partial charge in [-0.05, 0) is 24.3 Å². The van der Waals surface area contributed by atoms with Crippen molar-refractivity contribution in [3.8, 4) is 23.1 Å². The number of carbonyl (C=O) groups is 1. The maximum absolute atomic E-state index is 12.7. The highest BCUT2D eigenvalue weighted by Gasteiger charge is 2.19. The fourth-order valence-electron chi connectivity index (χ4n) is 2.35. The van der Waals surface area contributed by atoms with Crippen LogP contribution in [-0.2, 0) is 0 Å². The van der Waals surface area contributed by atoms with Gasteiger partial charge in [0, 0.05) is 12.4 Å². The van der Waals surface area contributed by atoms with Crippen LogP contribution in [0.4, 0.5) is 5.13 Å². The van der Waals surface area contributed by atoms with E-state index < -0.39 is 5.91 Å². The second-order valence-electron chi connectivity index (χ2n) is 5.22. The molecule has 0 atom stereocenters. The molecule has 0 fully saturated rings. The van der Waals surface area contributed by atoms with Gasteiger partial charge in [-0.1, -0.05) is 22.6 Å². The van der Waals surface area contributed by atoms with Crippen molar-refractivity contribution in [2.75, 3.05) is 5.32 Å². The number of rotatable bonds is 4. The lowest BCUT2D eigenvalue weighted by Gasteiger charge is -2.04. The lowest BCUT2D eigenvalue weighted by Crippen LogP contribution is -2.17. The molecule has 0 bridgehead atoms. The van der Waals surface area contributed by atoms with Gasteiger partial charge in [0.2, 0.25) is 0 Å². The van der Waals surface area contributed by atoms with Crippen LogP contribution >= 0.6 is 11.3 Å². The summed E-state index contributed by atoms with van der Waals surface area (Å²) in [4.78, 5) is 25.6. The Labute approximate surface area is 157 Å². The average molecular weight is 374 g/mol. The quantitative estimate of drug-likeness (QED) is 0.581. The third kappa shape index (κ3) is 3.26. The van der Waals surface area contributed by atoms with Crippen LogP contribution in [0.1, 0.15) is 15.4 Å². The van der Waals surface area contributed by atoms with Crippen molar-refractivity contribution < 1.29 is 4.79 Å². The molecule has 0 radical (unpaired) electrons. The monoisotopic (exact) mass is 374 g/mol. The van der Waals surface area contributed by atoms with Gasteiger partial charge in [0.25, 0.3) is 5.91 Å². The van der Waals surface area contributed by atoms with Crippen molar-refractivity contribution in [3.63, 3.8) is 0 Å². The molecule has 0 aromatic carbocycles. The summed E-state index contributed by atoms with van der Waals surface area (Å²) in [7, 11) is 0. The summed E-state index contributed by atoms with van der Waals surface area (Å²) in [5.74, 6) is -0.449. The van der Waals surface area contributed by atoms with Crippen LogP contribution in [-0.4, -0.2) is 35.9 Å². The molecule has 9 nitrogen and oxygen atoms in total. The second kappa shape index (κ2) is 7.11. The zero-order chi connectivity index (χ0) is 18.6. The molecule has 4 aromatic heterocycles. The first-order chi connectivity index (χ1) is 13.3. The lowest BCUT2D eigenvalue weighted by molar-refractivity contribution is 0.101. The summed E-state index contributed by atoms with van der Waals surface area (Å²) < 4.78 is 1.38. The summed E-state index contributed by atoms with van der Waals surface area (Å²) in [6.45, 7) is 0. The fourth-order valence-corrected chi connectivity index (χ4v) is 3.11. The molecule has 0 saturated heterocycles. The predicted molar refractivity (Wildman–Crippen MR) is 97.2 cm³/mol. The summed E-state index contributed by atoms with van der Waals surface area (Å²) in [6.07, 6.45) is 6.16. The number of amides is 1. The minimum Gasteiger partial charge on any atom is -0.296 e. The maximum atomic E-state index is 12.7. The topological polar surface area (TPSA) is 122 Å². The number of aromatic nitrogens is 6. The van der Waals surface area contributed by atoms with Gasteiger partial charge < -0.3 is 0 Å². The molecular weight excluding hydrogens is 364 g/mol. The van der Waals surface area contributed by atoms with Gasteiger partial charge in [-0.3, -0.25) is 20.1 Å². The Morgan fingerprint density at radius 1 is 1.19 bits per heavy atom. The molecule has 4 rings (SSSR count). The minimum atomic E-state index is -0.449. The molecule has 0 aliphatic heterocycles. The number of thiazole rings is 1. The Kier molecular flexibility index (Phi) is 4.34. The third-order valence-electron chi connectivity index (χ3n) is 3.53. The third-order valence-corrected chi connectivity index (χ3v) is 4.40. The van der Waals surface area contributed by atoms with Crippen LogP contribution in [0.25, 0.3) is 17.1 Å². The van der Waals surface area contributed by atoms with E-state index in [2.05, 4.69) is 36.7 Å². The van der Waals surface area contributed by atoms with Gasteiger partial charge in [-0.2, -0.15) is 5.26 Å². The van der Waals surface area contributed by atoms with E-state index in [0.717, 1.165) is 11.3 Å². The first-order valence-corrected chi connectivity index (χ1v) is 8.52. The van der Waals surface area contributed by atoms with Gasteiger partial charge >= 0.3 is 0 Å². The summed E-state index contributed by atoms with van der Waals surface area (Å²) >= 11 is 1.08. The van der Waals surface area contributed by atoms with Crippen LogP contribution in [0.2, 0.25) is 0 Å². The van der Waals surface area contributed by atoms with Gasteiger partial charge in [0.1, 0.15) is 16.6 Å². The number of nitrogens with zero attached hydrogens (tertiary/aromatic N) is 7. The average Bonchev–Trinajstić information content (AvgIpc) is 3.36. The Hall–Kier alpha value is -3.97. The van der Waals surface area contributed by atoms with E-state index in [1.54, 1.807) is 48.9 Å². The fraction of sp³-hybridized carbons (Fsp3) is 0. The number of carbonyl (C=O) groups excluding carboxylic acids is 1. The molecule has 27 heavy (non-hydrogen) atoms. The highest BCUT2D eigenvalue weighted by atomic mass is 32.1. The Bertz CT molecular complexity index is 1130. The molecule has 10 heteroatoms. The first-order valence-electron chi connectivity index (χ1n) is 7.71. The molecular formula is C17H10N8OS. The van der Waals surface area contributed by atoms with E-state index in [9.17, 15) is 10.1 Å². The lowest BCUT2D eigenvalue weighted by atomic mass is 10.2. The Morgan fingerprint density at radius 3 is 2.85 bits per heavy atom. The van der Waals surface area contributed by atoms with E-state index in [1.165, 1.54) is 10.9 Å². The second-order valence-corrected chi connectivity index (χ2v) is 6.22.